The summed E-state index contributed by atoms with van der Waals surface area (Å²) in [7, 11) is 1.44. The number of fused-ring (bicyclic) bond motifs is 3. The van der Waals surface area contributed by atoms with Crippen LogP contribution in [0, 0.1) is 0 Å². The molecule has 0 bridgehead atoms. The minimum atomic E-state index is -1.39. The van der Waals surface area contributed by atoms with Gasteiger partial charge in [-0.05, 0) is 35.1 Å². The van der Waals surface area contributed by atoms with E-state index in [1.54, 1.807) is 13.8 Å². The summed E-state index contributed by atoms with van der Waals surface area (Å²) in [6, 6.07) is 15.5. The zero-order valence-corrected chi connectivity index (χ0v) is 19.8. The third kappa shape index (κ3) is 5.39. The van der Waals surface area contributed by atoms with Crippen molar-refractivity contribution in [2.75, 3.05) is 20.3 Å². The van der Waals surface area contributed by atoms with Gasteiger partial charge in [-0.1, -0.05) is 62.4 Å². The van der Waals surface area contributed by atoms with E-state index in [4.69, 9.17) is 14.6 Å². The van der Waals surface area contributed by atoms with Crippen LogP contribution in [0.2, 0.25) is 0 Å². The van der Waals surface area contributed by atoms with E-state index in [-0.39, 0.29) is 32.0 Å². The van der Waals surface area contributed by atoms with Crippen molar-refractivity contribution in [3.63, 3.8) is 0 Å². The van der Waals surface area contributed by atoms with E-state index in [1.165, 1.54) is 7.11 Å². The zero-order valence-electron chi connectivity index (χ0n) is 19.8. The number of ether oxygens (including phenoxy) is 2. The molecule has 0 saturated heterocycles. The van der Waals surface area contributed by atoms with E-state index in [1.807, 2.05) is 36.4 Å². The second kappa shape index (κ2) is 11.2. The van der Waals surface area contributed by atoms with Gasteiger partial charge in [0.2, 0.25) is 5.91 Å². The van der Waals surface area contributed by atoms with Crippen LogP contribution in [-0.4, -0.2) is 55.0 Å². The van der Waals surface area contributed by atoms with Crippen LogP contribution >= 0.6 is 0 Å². The normalized spacial score (nSPS) is 14.9. The minimum Gasteiger partial charge on any atom is -0.481 e. The predicted octanol–water partition coefficient (Wildman–Crippen LogP) is 3.69. The highest BCUT2D eigenvalue weighted by Gasteiger charge is 2.40. The van der Waals surface area contributed by atoms with Crippen molar-refractivity contribution in [1.29, 1.82) is 0 Å². The minimum absolute atomic E-state index is 0.0803. The van der Waals surface area contributed by atoms with Crippen LogP contribution < -0.4 is 10.6 Å². The van der Waals surface area contributed by atoms with E-state index < -0.39 is 29.6 Å². The van der Waals surface area contributed by atoms with Crippen molar-refractivity contribution in [2.45, 2.75) is 50.6 Å². The SMILES string of the molecule is CCC(CC(=O)O)NC(=O)C(CC)(COC)NC(=O)OCC1c2ccccc2-c2ccccc21. The number of rotatable bonds is 11. The summed E-state index contributed by atoms with van der Waals surface area (Å²) < 4.78 is 10.8. The summed E-state index contributed by atoms with van der Waals surface area (Å²) in [4.78, 5) is 37.0. The Balaban J connectivity index is 1.72. The largest absolute Gasteiger partial charge is 0.481 e. The van der Waals surface area contributed by atoms with Crippen LogP contribution in [0.25, 0.3) is 11.1 Å². The Morgan fingerprint density at radius 3 is 2.12 bits per heavy atom. The Bertz CT molecular complexity index is 994. The quantitative estimate of drug-likeness (QED) is 0.464. The van der Waals surface area contributed by atoms with Gasteiger partial charge in [-0.15, -0.1) is 0 Å². The molecule has 2 unspecified atom stereocenters. The van der Waals surface area contributed by atoms with Gasteiger partial charge in [0.1, 0.15) is 12.1 Å². The third-order valence-electron chi connectivity index (χ3n) is 6.36. The zero-order chi connectivity index (χ0) is 24.7. The molecule has 0 radical (unpaired) electrons. The number of carboxylic acids is 1. The molecule has 2 atom stereocenters. The molecule has 0 aromatic heterocycles. The average Bonchev–Trinajstić information content (AvgIpc) is 3.15. The number of carbonyl (C=O) groups is 3. The molecule has 2 aromatic rings. The molecule has 2 aromatic carbocycles. The molecule has 1 aliphatic rings. The molecule has 0 spiro atoms. The number of nitrogens with one attached hydrogen (secondary N) is 2. The molecular formula is C26H32N2O6. The molecule has 1 aliphatic carbocycles. The topological polar surface area (TPSA) is 114 Å². The summed E-state index contributed by atoms with van der Waals surface area (Å²) in [5.41, 5.74) is 3.04. The smallest absolute Gasteiger partial charge is 0.408 e. The number of amides is 2. The number of methoxy groups -OCH3 is 1. The van der Waals surface area contributed by atoms with Crippen molar-refractivity contribution in [2.24, 2.45) is 0 Å². The van der Waals surface area contributed by atoms with Gasteiger partial charge in [-0.3, -0.25) is 9.59 Å². The summed E-state index contributed by atoms with van der Waals surface area (Å²) in [5, 5.41) is 14.5. The Kier molecular flexibility index (Phi) is 8.28. The lowest BCUT2D eigenvalue weighted by Crippen LogP contribution is -2.62. The summed E-state index contributed by atoms with van der Waals surface area (Å²) in [6.07, 6.45) is -0.266. The van der Waals surface area contributed by atoms with Crippen LogP contribution in [0.4, 0.5) is 4.79 Å². The first-order valence-corrected chi connectivity index (χ1v) is 11.5. The van der Waals surface area contributed by atoms with E-state index in [0.29, 0.717) is 6.42 Å². The van der Waals surface area contributed by atoms with Crippen LogP contribution in [0.1, 0.15) is 50.2 Å². The van der Waals surface area contributed by atoms with E-state index in [0.717, 1.165) is 22.3 Å². The molecule has 2 amide bonds. The van der Waals surface area contributed by atoms with Gasteiger partial charge in [0, 0.05) is 19.1 Å². The number of aliphatic carboxylic acids is 1. The van der Waals surface area contributed by atoms with Crippen LogP contribution in [0.3, 0.4) is 0 Å². The molecule has 3 N–H and O–H groups in total. The second-order valence-electron chi connectivity index (χ2n) is 8.50. The Morgan fingerprint density at radius 1 is 1.03 bits per heavy atom. The fourth-order valence-corrected chi connectivity index (χ4v) is 4.42. The molecular weight excluding hydrogens is 436 g/mol. The predicted molar refractivity (Wildman–Crippen MR) is 128 cm³/mol. The molecule has 0 fully saturated rings. The fourth-order valence-electron chi connectivity index (χ4n) is 4.42. The summed E-state index contributed by atoms with van der Waals surface area (Å²) >= 11 is 0. The maximum atomic E-state index is 13.1. The molecule has 0 aliphatic heterocycles. The lowest BCUT2D eigenvalue weighted by Gasteiger charge is -2.33. The number of carboxylic acid groups (broad SMARTS) is 1. The highest BCUT2D eigenvalue weighted by atomic mass is 16.5. The number of hydrogen-bond donors (Lipinski definition) is 3. The number of benzene rings is 2. The molecule has 182 valence electrons. The standard InChI is InChI=1S/C26H32N2O6/c1-4-17(14-23(29)30)27-24(31)26(5-2,16-33-3)28-25(32)34-15-22-20-12-8-6-10-18(20)19-11-7-9-13-21(19)22/h6-13,17,22H,4-5,14-16H2,1-3H3,(H,27,31)(H,28,32)(H,29,30). The lowest BCUT2D eigenvalue weighted by molar-refractivity contribution is -0.138. The van der Waals surface area contributed by atoms with Gasteiger partial charge in [0.25, 0.3) is 0 Å². The highest BCUT2D eigenvalue weighted by molar-refractivity contribution is 5.90. The van der Waals surface area contributed by atoms with Crippen molar-refractivity contribution in [3.05, 3.63) is 59.7 Å². The highest BCUT2D eigenvalue weighted by Crippen LogP contribution is 2.44. The van der Waals surface area contributed by atoms with Gasteiger partial charge in [-0.2, -0.15) is 0 Å². The Labute approximate surface area is 199 Å². The van der Waals surface area contributed by atoms with Gasteiger partial charge in [0.15, 0.2) is 0 Å². The summed E-state index contributed by atoms with van der Waals surface area (Å²) in [5.74, 6) is -1.62. The van der Waals surface area contributed by atoms with E-state index in [9.17, 15) is 14.4 Å². The maximum Gasteiger partial charge on any atom is 0.408 e. The van der Waals surface area contributed by atoms with Crippen LogP contribution in [0.15, 0.2) is 48.5 Å². The van der Waals surface area contributed by atoms with Crippen molar-refractivity contribution in [1.82, 2.24) is 10.6 Å². The van der Waals surface area contributed by atoms with Gasteiger partial charge in [-0.25, -0.2) is 4.79 Å². The van der Waals surface area contributed by atoms with Gasteiger partial charge in [0.05, 0.1) is 13.0 Å². The molecule has 34 heavy (non-hydrogen) atoms. The van der Waals surface area contributed by atoms with Crippen molar-refractivity contribution >= 4 is 18.0 Å². The monoisotopic (exact) mass is 468 g/mol. The molecule has 8 nitrogen and oxygen atoms in total. The summed E-state index contributed by atoms with van der Waals surface area (Å²) in [6.45, 7) is 3.57. The Morgan fingerprint density at radius 2 is 1.62 bits per heavy atom. The molecule has 0 saturated carbocycles. The second-order valence-corrected chi connectivity index (χ2v) is 8.50. The van der Waals surface area contributed by atoms with Crippen LogP contribution in [-0.2, 0) is 19.1 Å². The number of hydrogen-bond acceptors (Lipinski definition) is 5. The van der Waals surface area contributed by atoms with E-state index in [2.05, 4.69) is 22.8 Å². The molecule has 0 heterocycles. The Hall–Kier alpha value is -3.39. The first-order chi connectivity index (χ1) is 16.3. The average molecular weight is 469 g/mol. The maximum absolute atomic E-state index is 13.1. The first kappa shape index (κ1) is 25.2. The first-order valence-electron chi connectivity index (χ1n) is 11.5. The molecule has 3 rings (SSSR count). The number of alkyl carbamates (subject to hydrolysis) is 1. The van der Waals surface area contributed by atoms with Gasteiger partial charge < -0.3 is 25.2 Å². The lowest BCUT2D eigenvalue weighted by atomic mass is 9.95. The molecule has 8 heteroatoms. The van der Waals surface area contributed by atoms with E-state index >= 15 is 0 Å². The fraction of sp³-hybridized carbons (Fsp3) is 0.423. The van der Waals surface area contributed by atoms with Crippen LogP contribution in [0.5, 0.6) is 0 Å². The van der Waals surface area contributed by atoms with Gasteiger partial charge >= 0.3 is 12.1 Å². The van der Waals surface area contributed by atoms with Crippen molar-refractivity contribution in [3.8, 4) is 11.1 Å². The number of carbonyl (C=O) groups excluding carboxylic acids is 2. The van der Waals surface area contributed by atoms with Crippen molar-refractivity contribution < 1.29 is 29.0 Å². The third-order valence-corrected chi connectivity index (χ3v) is 6.36.